The number of hydrazone groups is 1. The highest BCUT2D eigenvalue weighted by molar-refractivity contribution is 5.84. The Morgan fingerprint density at radius 1 is 1.17 bits per heavy atom. The zero-order chi connectivity index (χ0) is 16.2. The van der Waals surface area contributed by atoms with Gasteiger partial charge in [0.1, 0.15) is 5.75 Å². The van der Waals surface area contributed by atoms with E-state index in [2.05, 4.69) is 23.3 Å². The molecule has 0 saturated heterocycles. The Balaban J connectivity index is 1.93. The van der Waals surface area contributed by atoms with Crippen LogP contribution in [0.3, 0.4) is 0 Å². The van der Waals surface area contributed by atoms with Crippen LogP contribution in [0.15, 0.2) is 59.7 Å². The van der Waals surface area contributed by atoms with E-state index in [0.717, 1.165) is 23.4 Å². The maximum absolute atomic E-state index is 9.73. The van der Waals surface area contributed by atoms with Crippen molar-refractivity contribution in [3.05, 3.63) is 65.7 Å². The summed E-state index contributed by atoms with van der Waals surface area (Å²) in [5.74, 6) is 0.783. The standard InChI is InChI=1S/C19H19N3O/c1-14-12-18(15-6-4-3-5-7-15)22(21-14)19(13-20)16-8-10-17(23-2)11-9-16/h3-11,18-19H,12H2,1-2H3/t18-,19+/m0/s1. The van der Waals surface area contributed by atoms with Crippen molar-refractivity contribution in [2.24, 2.45) is 5.10 Å². The van der Waals surface area contributed by atoms with Crippen LogP contribution in [0.25, 0.3) is 0 Å². The summed E-state index contributed by atoms with van der Waals surface area (Å²) >= 11 is 0. The molecule has 1 aliphatic heterocycles. The van der Waals surface area contributed by atoms with Gasteiger partial charge in [0.2, 0.25) is 0 Å². The van der Waals surface area contributed by atoms with Crippen LogP contribution in [0, 0.1) is 11.3 Å². The second kappa shape index (κ2) is 6.53. The van der Waals surface area contributed by atoms with Crippen LogP contribution in [-0.2, 0) is 0 Å². The van der Waals surface area contributed by atoms with Crippen LogP contribution >= 0.6 is 0 Å². The third-order valence-electron chi connectivity index (χ3n) is 4.10. The quantitative estimate of drug-likeness (QED) is 0.855. The first kappa shape index (κ1) is 15.1. The van der Waals surface area contributed by atoms with Gasteiger partial charge >= 0.3 is 0 Å². The lowest BCUT2D eigenvalue weighted by molar-refractivity contribution is 0.196. The average Bonchev–Trinajstić information content (AvgIpc) is 2.98. The van der Waals surface area contributed by atoms with E-state index < -0.39 is 6.04 Å². The zero-order valence-corrected chi connectivity index (χ0v) is 13.3. The van der Waals surface area contributed by atoms with E-state index in [1.165, 1.54) is 5.56 Å². The predicted molar refractivity (Wildman–Crippen MR) is 90.1 cm³/mol. The molecule has 4 nitrogen and oxygen atoms in total. The second-order valence-electron chi connectivity index (χ2n) is 5.65. The molecular formula is C19H19N3O. The topological polar surface area (TPSA) is 48.6 Å². The third kappa shape index (κ3) is 3.04. The third-order valence-corrected chi connectivity index (χ3v) is 4.10. The number of ether oxygens (including phenoxy) is 1. The van der Waals surface area contributed by atoms with Gasteiger partial charge in [-0.3, -0.25) is 5.01 Å². The van der Waals surface area contributed by atoms with E-state index in [-0.39, 0.29) is 6.04 Å². The Labute approximate surface area is 136 Å². The molecule has 0 bridgehead atoms. The normalized spacial score (nSPS) is 18.2. The lowest BCUT2D eigenvalue weighted by Gasteiger charge is -2.28. The molecule has 3 rings (SSSR count). The highest BCUT2D eigenvalue weighted by Gasteiger charge is 2.32. The van der Waals surface area contributed by atoms with Gasteiger partial charge in [0.05, 0.1) is 19.2 Å². The van der Waals surface area contributed by atoms with Gasteiger partial charge in [0.25, 0.3) is 0 Å². The molecule has 0 amide bonds. The molecule has 0 saturated carbocycles. The van der Waals surface area contributed by atoms with Crippen molar-refractivity contribution in [3.63, 3.8) is 0 Å². The molecule has 1 aliphatic rings. The number of hydrogen-bond donors (Lipinski definition) is 0. The summed E-state index contributed by atoms with van der Waals surface area (Å²) in [6.45, 7) is 2.01. The first-order valence-corrected chi connectivity index (χ1v) is 7.64. The van der Waals surface area contributed by atoms with Crippen molar-refractivity contribution in [1.82, 2.24) is 5.01 Å². The summed E-state index contributed by atoms with van der Waals surface area (Å²) in [5.41, 5.74) is 3.15. The van der Waals surface area contributed by atoms with Crippen LogP contribution in [0.1, 0.15) is 36.6 Å². The minimum Gasteiger partial charge on any atom is -0.497 e. The number of hydrogen-bond acceptors (Lipinski definition) is 4. The fraction of sp³-hybridized carbons (Fsp3) is 0.263. The Hall–Kier alpha value is -2.80. The first-order chi connectivity index (χ1) is 11.2. The Bertz CT molecular complexity index is 731. The van der Waals surface area contributed by atoms with Crippen LogP contribution in [0.2, 0.25) is 0 Å². The van der Waals surface area contributed by atoms with Crippen LogP contribution < -0.4 is 4.74 Å². The van der Waals surface area contributed by atoms with E-state index in [1.54, 1.807) is 7.11 Å². The van der Waals surface area contributed by atoms with Gasteiger partial charge in [-0.2, -0.15) is 10.4 Å². The number of rotatable bonds is 4. The minimum absolute atomic E-state index is 0.1000. The van der Waals surface area contributed by atoms with Gasteiger partial charge in [-0.1, -0.05) is 42.5 Å². The second-order valence-corrected chi connectivity index (χ2v) is 5.65. The van der Waals surface area contributed by atoms with E-state index in [9.17, 15) is 5.26 Å². The van der Waals surface area contributed by atoms with E-state index in [1.807, 2.05) is 54.4 Å². The first-order valence-electron chi connectivity index (χ1n) is 7.64. The zero-order valence-electron chi connectivity index (χ0n) is 13.3. The average molecular weight is 305 g/mol. The van der Waals surface area contributed by atoms with Gasteiger partial charge in [-0.25, -0.2) is 0 Å². The molecule has 2 aromatic rings. The van der Waals surface area contributed by atoms with Crippen LogP contribution in [0.4, 0.5) is 0 Å². The van der Waals surface area contributed by atoms with Crippen LogP contribution in [0.5, 0.6) is 5.75 Å². The van der Waals surface area contributed by atoms with Gasteiger partial charge in [-0.15, -0.1) is 0 Å². The number of benzene rings is 2. The number of methoxy groups -OCH3 is 1. The van der Waals surface area contributed by atoms with Crippen molar-refractivity contribution in [1.29, 1.82) is 5.26 Å². The van der Waals surface area contributed by atoms with Gasteiger partial charge < -0.3 is 4.74 Å². The molecule has 0 spiro atoms. The van der Waals surface area contributed by atoms with Crippen molar-refractivity contribution >= 4 is 5.71 Å². The van der Waals surface area contributed by atoms with E-state index >= 15 is 0 Å². The van der Waals surface area contributed by atoms with Crippen LogP contribution in [-0.4, -0.2) is 17.8 Å². The summed E-state index contributed by atoms with van der Waals surface area (Å²) < 4.78 is 5.19. The molecule has 0 unspecified atom stereocenters. The lowest BCUT2D eigenvalue weighted by atomic mass is 9.99. The number of nitriles is 1. The fourth-order valence-corrected chi connectivity index (χ4v) is 2.94. The molecule has 1 heterocycles. The molecule has 0 N–H and O–H groups in total. The summed E-state index contributed by atoms with van der Waals surface area (Å²) in [7, 11) is 1.64. The van der Waals surface area contributed by atoms with Crippen molar-refractivity contribution in [3.8, 4) is 11.8 Å². The van der Waals surface area contributed by atoms with Crippen molar-refractivity contribution < 1.29 is 4.74 Å². The Morgan fingerprint density at radius 3 is 2.48 bits per heavy atom. The number of nitrogens with zero attached hydrogens (tertiary/aromatic N) is 3. The van der Waals surface area contributed by atoms with E-state index in [4.69, 9.17) is 4.74 Å². The summed E-state index contributed by atoms with van der Waals surface area (Å²) in [6, 6.07) is 19.9. The van der Waals surface area contributed by atoms with Gasteiger partial charge in [0.15, 0.2) is 6.04 Å². The molecule has 0 fully saturated rings. The maximum Gasteiger partial charge on any atom is 0.159 e. The van der Waals surface area contributed by atoms with E-state index in [0.29, 0.717) is 0 Å². The van der Waals surface area contributed by atoms with Crippen molar-refractivity contribution in [2.75, 3.05) is 7.11 Å². The molecule has 0 aromatic heterocycles. The fourth-order valence-electron chi connectivity index (χ4n) is 2.94. The molecule has 0 aliphatic carbocycles. The highest BCUT2D eigenvalue weighted by atomic mass is 16.5. The smallest absolute Gasteiger partial charge is 0.159 e. The predicted octanol–water partition coefficient (Wildman–Crippen LogP) is 4.08. The Kier molecular flexibility index (Phi) is 4.29. The summed E-state index contributed by atoms with van der Waals surface area (Å²) in [5, 5.41) is 16.3. The Morgan fingerprint density at radius 2 is 1.87 bits per heavy atom. The SMILES string of the molecule is COc1ccc([C@@H](C#N)N2N=C(C)C[C@H]2c2ccccc2)cc1. The maximum atomic E-state index is 9.73. The molecule has 116 valence electrons. The largest absolute Gasteiger partial charge is 0.497 e. The highest BCUT2D eigenvalue weighted by Crippen LogP contribution is 2.37. The molecule has 2 atom stereocenters. The lowest BCUT2D eigenvalue weighted by Crippen LogP contribution is -2.24. The van der Waals surface area contributed by atoms with Gasteiger partial charge in [-0.05, 0) is 30.2 Å². The molecule has 0 radical (unpaired) electrons. The minimum atomic E-state index is -0.413. The summed E-state index contributed by atoms with van der Waals surface area (Å²) in [4.78, 5) is 0. The molecular weight excluding hydrogens is 286 g/mol. The molecule has 4 heteroatoms. The van der Waals surface area contributed by atoms with Crippen molar-refractivity contribution in [2.45, 2.75) is 25.4 Å². The van der Waals surface area contributed by atoms with Gasteiger partial charge in [0, 0.05) is 12.1 Å². The molecule has 2 aromatic carbocycles. The summed E-state index contributed by atoms with van der Waals surface area (Å²) in [6.07, 6.45) is 0.846. The molecule has 23 heavy (non-hydrogen) atoms. The monoisotopic (exact) mass is 305 g/mol.